The van der Waals surface area contributed by atoms with Crippen LogP contribution in [0.25, 0.3) is 0 Å². The van der Waals surface area contributed by atoms with Crippen LogP contribution in [-0.4, -0.2) is 25.0 Å². The molecule has 0 aliphatic rings. The Morgan fingerprint density at radius 2 is 2.19 bits per heavy atom. The van der Waals surface area contributed by atoms with Crippen molar-refractivity contribution >= 4 is 17.5 Å². The second-order valence-corrected chi connectivity index (χ2v) is 4.19. The standard InChI is InChI=1S/C11H17ClN2O2/c1-8(2)13-6-3-7-14-11(15)9-4-5-10(12)16-9/h4-5,8,13H,3,6-7H2,1-2H3,(H,14,15). The van der Waals surface area contributed by atoms with Gasteiger partial charge in [0.05, 0.1) is 0 Å². The second-order valence-electron chi connectivity index (χ2n) is 3.82. The minimum Gasteiger partial charge on any atom is -0.440 e. The van der Waals surface area contributed by atoms with Gasteiger partial charge in [0.1, 0.15) is 0 Å². The quantitative estimate of drug-likeness (QED) is 0.753. The molecule has 0 atom stereocenters. The summed E-state index contributed by atoms with van der Waals surface area (Å²) < 4.78 is 4.98. The number of nitrogens with one attached hydrogen (secondary N) is 2. The maximum atomic E-state index is 11.5. The molecule has 1 rings (SSSR count). The van der Waals surface area contributed by atoms with Crippen molar-refractivity contribution in [2.24, 2.45) is 0 Å². The van der Waals surface area contributed by atoms with Crippen molar-refractivity contribution in [3.63, 3.8) is 0 Å². The molecule has 1 heterocycles. The van der Waals surface area contributed by atoms with Crippen molar-refractivity contribution < 1.29 is 9.21 Å². The molecule has 0 bridgehead atoms. The molecule has 0 unspecified atom stereocenters. The zero-order valence-electron chi connectivity index (χ0n) is 9.55. The predicted octanol–water partition coefficient (Wildman–Crippen LogP) is 2.05. The highest BCUT2D eigenvalue weighted by atomic mass is 35.5. The zero-order valence-corrected chi connectivity index (χ0v) is 10.3. The van der Waals surface area contributed by atoms with Crippen molar-refractivity contribution in [2.75, 3.05) is 13.1 Å². The van der Waals surface area contributed by atoms with Gasteiger partial charge in [0, 0.05) is 12.6 Å². The molecule has 0 saturated heterocycles. The summed E-state index contributed by atoms with van der Waals surface area (Å²) in [6.45, 7) is 5.68. The van der Waals surface area contributed by atoms with Crippen LogP contribution >= 0.6 is 11.6 Å². The summed E-state index contributed by atoms with van der Waals surface area (Å²) in [5.74, 6) is 0.0262. The molecule has 0 saturated carbocycles. The molecule has 0 aliphatic heterocycles. The number of carbonyl (C=O) groups is 1. The lowest BCUT2D eigenvalue weighted by Gasteiger charge is -2.07. The molecule has 1 amide bonds. The fourth-order valence-electron chi connectivity index (χ4n) is 1.20. The van der Waals surface area contributed by atoms with Gasteiger partial charge in [0.25, 0.3) is 5.91 Å². The van der Waals surface area contributed by atoms with Crippen molar-refractivity contribution in [1.82, 2.24) is 10.6 Å². The van der Waals surface area contributed by atoms with Crippen LogP contribution in [0.4, 0.5) is 0 Å². The molecule has 4 nitrogen and oxygen atoms in total. The number of rotatable bonds is 6. The van der Waals surface area contributed by atoms with Crippen molar-refractivity contribution in [1.29, 1.82) is 0 Å². The molecule has 0 aliphatic carbocycles. The summed E-state index contributed by atoms with van der Waals surface area (Å²) >= 11 is 5.57. The Morgan fingerprint density at radius 1 is 1.44 bits per heavy atom. The molecular weight excluding hydrogens is 228 g/mol. The molecule has 1 aromatic rings. The van der Waals surface area contributed by atoms with E-state index in [4.69, 9.17) is 16.0 Å². The van der Waals surface area contributed by atoms with Crippen LogP contribution in [0.15, 0.2) is 16.5 Å². The zero-order chi connectivity index (χ0) is 12.0. The minimum atomic E-state index is -0.226. The number of amides is 1. The van der Waals surface area contributed by atoms with Crippen LogP contribution in [0, 0.1) is 0 Å². The first kappa shape index (κ1) is 13.1. The molecule has 0 radical (unpaired) electrons. The summed E-state index contributed by atoms with van der Waals surface area (Å²) in [6, 6.07) is 3.58. The van der Waals surface area contributed by atoms with Crippen LogP contribution in [0.1, 0.15) is 30.8 Å². The number of carbonyl (C=O) groups excluding carboxylic acids is 1. The monoisotopic (exact) mass is 244 g/mol. The van der Waals surface area contributed by atoms with Gasteiger partial charge in [-0.3, -0.25) is 4.79 Å². The van der Waals surface area contributed by atoms with Gasteiger partial charge in [-0.05, 0) is 36.7 Å². The van der Waals surface area contributed by atoms with Crippen LogP contribution in [0.3, 0.4) is 0 Å². The largest absolute Gasteiger partial charge is 0.440 e. The van der Waals surface area contributed by atoms with Gasteiger partial charge in [0.2, 0.25) is 0 Å². The van der Waals surface area contributed by atoms with E-state index in [0.717, 1.165) is 13.0 Å². The van der Waals surface area contributed by atoms with Crippen LogP contribution in [0.2, 0.25) is 5.22 Å². The number of hydrogen-bond donors (Lipinski definition) is 2. The van der Waals surface area contributed by atoms with Crippen LogP contribution in [-0.2, 0) is 0 Å². The normalized spacial score (nSPS) is 10.8. The van der Waals surface area contributed by atoms with Crippen LogP contribution in [0.5, 0.6) is 0 Å². The summed E-state index contributed by atoms with van der Waals surface area (Å²) in [7, 11) is 0. The maximum Gasteiger partial charge on any atom is 0.287 e. The molecule has 1 aromatic heterocycles. The summed E-state index contributed by atoms with van der Waals surface area (Å²) in [5, 5.41) is 6.25. The van der Waals surface area contributed by atoms with Gasteiger partial charge in [-0.1, -0.05) is 13.8 Å². The van der Waals surface area contributed by atoms with E-state index >= 15 is 0 Å². The molecule has 5 heteroatoms. The SMILES string of the molecule is CC(C)NCCCNC(=O)c1ccc(Cl)o1. The molecule has 0 aromatic carbocycles. The Labute approximate surface area is 100 Å². The predicted molar refractivity (Wildman–Crippen MR) is 63.8 cm³/mol. The second kappa shape index (κ2) is 6.55. The smallest absolute Gasteiger partial charge is 0.287 e. The number of hydrogen-bond acceptors (Lipinski definition) is 3. The van der Waals surface area contributed by atoms with E-state index in [1.807, 2.05) is 0 Å². The third-order valence-corrected chi connectivity index (χ3v) is 2.19. The molecular formula is C11H17ClN2O2. The summed E-state index contributed by atoms with van der Waals surface area (Å²) in [5.41, 5.74) is 0. The van der Waals surface area contributed by atoms with Gasteiger partial charge in [0.15, 0.2) is 11.0 Å². The minimum absolute atomic E-state index is 0.226. The van der Waals surface area contributed by atoms with Gasteiger partial charge in [-0.25, -0.2) is 0 Å². The molecule has 16 heavy (non-hydrogen) atoms. The van der Waals surface area contributed by atoms with Crippen molar-refractivity contribution in [3.05, 3.63) is 23.1 Å². The molecule has 2 N–H and O–H groups in total. The van der Waals surface area contributed by atoms with E-state index in [0.29, 0.717) is 12.6 Å². The number of halogens is 1. The van der Waals surface area contributed by atoms with Crippen molar-refractivity contribution in [3.8, 4) is 0 Å². The highest BCUT2D eigenvalue weighted by Crippen LogP contribution is 2.12. The highest BCUT2D eigenvalue weighted by Gasteiger charge is 2.08. The van der Waals surface area contributed by atoms with Gasteiger partial charge < -0.3 is 15.1 Å². The van der Waals surface area contributed by atoms with E-state index in [1.54, 1.807) is 12.1 Å². The lowest BCUT2D eigenvalue weighted by atomic mass is 10.3. The lowest BCUT2D eigenvalue weighted by molar-refractivity contribution is 0.0925. The van der Waals surface area contributed by atoms with E-state index in [1.165, 1.54) is 0 Å². The van der Waals surface area contributed by atoms with E-state index < -0.39 is 0 Å². The lowest BCUT2D eigenvalue weighted by Crippen LogP contribution is -2.29. The summed E-state index contributed by atoms with van der Waals surface area (Å²) in [4.78, 5) is 11.5. The van der Waals surface area contributed by atoms with Crippen molar-refractivity contribution in [2.45, 2.75) is 26.3 Å². The molecule has 90 valence electrons. The maximum absolute atomic E-state index is 11.5. The van der Waals surface area contributed by atoms with E-state index in [-0.39, 0.29) is 16.9 Å². The average molecular weight is 245 g/mol. The highest BCUT2D eigenvalue weighted by molar-refractivity contribution is 6.29. The molecule has 0 spiro atoms. The fourth-order valence-corrected chi connectivity index (χ4v) is 1.35. The summed E-state index contributed by atoms with van der Waals surface area (Å²) in [6.07, 6.45) is 0.887. The molecule has 0 fully saturated rings. The fraction of sp³-hybridized carbons (Fsp3) is 0.545. The Hall–Kier alpha value is -1.00. The Balaban J connectivity index is 2.16. The average Bonchev–Trinajstić information content (AvgIpc) is 2.63. The van der Waals surface area contributed by atoms with E-state index in [9.17, 15) is 4.79 Å². The first-order valence-corrected chi connectivity index (χ1v) is 5.74. The first-order valence-electron chi connectivity index (χ1n) is 5.36. The topological polar surface area (TPSA) is 54.3 Å². The van der Waals surface area contributed by atoms with E-state index in [2.05, 4.69) is 24.5 Å². The van der Waals surface area contributed by atoms with Gasteiger partial charge in [-0.15, -0.1) is 0 Å². The van der Waals surface area contributed by atoms with Gasteiger partial charge in [-0.2, -0.15) is 0 Å². The number of furan rings is 1. The Bertz CT molecular complexity index is 336. The third-order valence-electron chi connectivity index (χ3n) is 1.99. The Kier molecular flexibility index (Phi) is 5.35. The van der Waals surface area contributed by atoms with Gasteiger partial charge >= 0.3 is 0 Å². The third kappa shape index (κ3) is 4.68. The van der Waals surface area contributed by atoms with Crippen LogP contribution < -0.4 is 10.6 Å². The first-order chi connectivity index (χ1) is 7.59. The Morgan fingerprint density at radius 3 is 2.75 bits per heavy atom.